The molecule has 4 saturated heterocycles. The number of ether oxygens (including phenoxy) is 3. The lowest BCUT2D eigenvalue weighted by atomic mass is 9.91. The number of aliphatic hydroxyl groups is 1. The Morgan fingerprint density at radius 3 is 2.41 bits per heavy atom. The van der Waals surface area contributed by atoms with Gasteiger partial charge in [-0.2, -0.15) is 15.1 Å². The highest BCUT2D eigenvalue weighted by atomic mass is 19.1. The number of piperazine rings is 1. The molecule has 7 heterocycles. The van der Waals surface area contributed by atoms with Crippen molar-refractivity contribution in [2.45, 2.75) is 88.8 Å². The van der Waals surface area contributed by atoms with Crippen LogP contribution in [0.4, 0.5) is 24.7 Å². The Hall–Kier alpha value is -6.15. The van der Waals surface area contributed by atoms with Crippen molar-refractivity contribution in [3.63, 3.8) is 0 Å². The molecule has 1 unspecified atom stereocenters. The zero-order valence-corrected chi connectivity index (χ0v) is 42.7. The van der Waals surface area contributed by atoms with E-state index in [1.54, 1.807) is 31.3 Å². The maximum atomic E-state index is 17.4. The van der Waals surface area contributed by atoms with Gasteiger partial charge in [0.2, 0.25) is 11.8 Å². The Labute approximate surface area is 428 Å². The maximum absolute atomic E-state index is 17.4. The molecule has 6 aromatic rings. The van der Waals surface area contributed by atoms with Gasteiger partial charge in [0.05, 0.1) is 40.4 Å². The number of benzene rings is 3. The third-order valence-corrected chi connectivity index (χ3v) is 16.1. The van der Waals surface area contributed by atoms with Crippen molar-refractivity contribution < 1.29 is 42.1 Å². The first-order chi connectivity index (χ1) is 35.6. The zero-order chi connectivity index (χ0) is 51.5. The maximum Gasteiger partial charge on any atom is 0.319 e. The number of hydrogen-bond donors (Lipinski definition) is 2. The number of likely N-dealkylation sites (tertiary alicyclic amines) is 1. The number of aryl methyl sites for hydroxylation is 2. The smallest absolute Gasteiger partial charge is 0.319 e. The first-order valence-electron chi connectivity index (χ1n) is 26.1. The molecule has 392 valence electrons. The van der Waals surface area contributed by atoms with Crippen molar-refractivity contribution in [2.75, 3.05) is 95.8 Å². The quantitative estimate of drug-likeness (QED) is 0.0784. The van der Waals surface area contributed by atoms with Gasteiger partial charge >= 0.3 is 6.01 Å². The molecule has 19 heteroatoms. The summed E-state index contributed by atoms with van der Waals surface area (Å²) in [5, 5.41) is 20.9. The van der Waals surface area contributed by atoms with Crippen LogP contribution in [0.5, 0.6) is 11.8 Å². The molecule has 0 radical (unpaired) electrons. The summed E-state index contributed by atoms with van der Waals surface area (Å²) in [4.78, 5) is 47.7. The number of alkyl halides is 1. The van der Waals surface area contributed by atoms with Crippen molar-refractivity contribution in [1.82, 2.24) is 39.8 Å². The topological polar surface area (TPSA) is 164 Å². The van der Waals surface area contributed by atoms with Crippen molar-refractivity contribution >= 4 is 55.9 Å². The summed E-state index contributed by atoms with van der Waals surface area (Å²) in [7, 11) is 3.40. The number of aromatic nitrogens is 5. The van der Waals surface area contributed by atoms with E-state index >= 15 is 13.2 Å². The SMILES string of the molecule is CCc1c(F)ccc2cc(OCOC)cc(-c3ncc4c(N5CCC[C@@](C)(O)C5)nc(OCC5(CN6CCC(F)(CN7CCN(c8cccc9c(C%10CCC(=O)NC%10=O)nn(C)c89)CC7)CC6)CC5)nc4c3F)c12. The number of carbonyl (C=O) groups excluding carboxylic acids is 2. The van der Waals surface area contributed by atoms with Crippen LogP contribution >= 0.6 is 0 Å². The van der Waals surface area contributed by atoms with Crippen molar-refractivity contribution in [1.29, 1.82) is 0 Å². The number of nitrogens with one attached hydrogen (secondary N) is 1. The molecule has 0 spiro atoms. The molecule has 11 rings (SSSR count). The molecule has 5 aliphatic rings. The highest BCUT2D eigenvalue weighted by Crippen LogP contribution is 2.48. The van der Waals surface area contributed by atoms with E-state index in [9.17, 15) is 14.7 Å². The van der Waals surface area contributed by atoms with Gasteiger partial charge in [-0.1, -0.05) is 25.1 Å². The van der Waals surface area contributed by atoms with Gasteiger partial charge in [0, 0.05) is 109 Å². The summed E-state index contributed by atoms with van der Waals surface area (Å²) in [6, 6.07) is 12.5. The van der Waals surface area contributed by atoms with E-state index in [2.05, 4.69) is 31.1 Å². The van der Waals surface area contributed by atoms with E-state index in [0.717, 1.165) is 62.2 Å². The number of anilines is 2. The number of halogens is 3. The van der Waals surface area contributed by atoms with Crippen LogP contribution in [0.15, 0.2) is 48.7 Å². The van der Waals surface area contributed by atoms with E-state index < -0.39 is 28.8 Å². The number of β-amino-alcohol motifs (C(OH)–C–C–N with tert-alkyl or cyclic N) is 1. The number of amides is 2. The molecule has 16 nitrogen and oxygen atoms in total. The molecule has 2 N–H and O–H groups in total. The van der Waals surface area contributed by atoms with E-state index in [4.69, 9.17) is 29.3 Å². The predicted molar refractivity (Wildman–Crippen MR) is 275 cm³/mol. The third kappa shape index (κ3) is 9.83. The average molecular weight is 1020 g/mol. The zero-order valence-electron chi connectivity index (χ0n) is 42.7. The molecule has 74 heavy (non-hydrogen) atoms. The van der Waals surface area contributed by atoms with Gasteiger partial charge in [0.25, 0.3) is 0 Å². The third-order valence-electron chi connectivity index (χ3n) is 16.1. The first kappa shape index (κ1) is 50.0. The van der Waals surface area contributed by atoms with Crippen molar-refractivity contribution in [3.05, 3.63) is 71.6 Å². The molecular formula is C55H65F3N10O6. The Balaban J connectivity index is 0.764. The summed E-state index contributed by atoms with van der Waals surface area (Å²) in [6.45, 7) is 9.99. The number of pyridine rings is 1. The average Bonchev–Trinajstić information content (AvgIpc) is 4.08. The van der Waals surface area contributed by atoms with Gasteiger partial charge in [-0.3, -0.25) is 29.5 Å². The number of hydrogen-bond acceptors (Lipinski definition) is 14. The van der Waals surface area contributed by atoms with Gasteiger partial charge in [0.15, 0.2) is 12.6 Å². The lowest BCUT2D eigenvalue weighted by Gasteiger charge is -2.43. The lowest BCUT2D eigenvalue weighted by Crippen LogP contribution is -2.54. The largest absolute Gasteiger partial charge is 0.468 e. The van der Waals surface area contributed by atoms with Crippen molar-refractivity contribution in [3.8, 4) is 23.0 Å². The van der Waals surface area contributed by atoms with Crippen LogP contribution in [0.2, 0.25) is 0 Å². The Morgan fingerprint density at radius 2 is 1.68 bits per heavy atom. The minimum atomic E-state index is -1.31. The number of piperidine rings is 3. The van der Waals surface area contributed by atoms with E-state index in [1.165, 1.54) is 13.2 Å². The molecular weight excluding hydrogens is 954 g/mol. The molecule has 0 bridgehead atoms. The fourth-order valence-corrected chi connectivity index (χ4v) is 12.0. The number of para-hydroxylation sites is 1. The first-order valence-corrected chi connectivity index (χ1v) is 26.1. The summed E-state index contributed by atoms with van der Waals surface area (Å²) < 4.78 is 68.8. The number of rotatable bonds is 15. The van der Waals surface area contributed by atoms with E-state index in [-0.39, 0.29) is 54.2 Å². The van der Waals surface area contributed by atoms with Crippen LogP contribution in [0, 0.1) is 17.0 Å². The molecule has 5 fully saturated rings. The molecule has 2 amide bonds. The normalized spacial score (nSPS) is 22.5. The van der Waals surface area contributed by atoms with Crippen LogP contribution in [0.25, 0.3) is 43.8 Å². The minimum absolute atomic E-state index is 0.000919. The molecule has 4 aliphatic heterocycles. The summed E-state index contributed by atoms with van der Waals surface area (Å²) in [5.74, 6) is -1.33. The fourth-order valence-electron chi connectivity index (χ4n) is 12.0. The number of methoxy groups -OCH3 is 1. The number of carbonyl (C=O) groups is 2. The Kier molecular flexibility index (Phi) is 13.4. The Morgan fingerprint density at radius 1 is 0.892 bits per heavy atom. The standard InChI is InChI=1S/C55H65F3N10O6/c1-5-36-41(56)12-10-34-26-35(74-33-72-4)27-39(44(34)36)47-45(57)48-40(28-59-47)50(68-19-7-14-53(2,71)29-68)62-52(61-48)73-32-54(15-16-54)30-65-20-17-55(58,18-21-65)31-66-22-24-67(25-23-66)42-9-6-8-37-46(63-64(3)49(37)42)38-11-13-43(69)60-51(38)70/h6,8-10,12,26-28,38,71H,5,7,11,13-25,29-33H2,1-4H3,(H,60,69,70)/t38?,53-/m1/s1. The highest BCUT2D eigenvalue weighted by molar-refractivity contribution is 6.04. The van der Waals surface area contributed by atoms with Crippen LogP contribution in [0.3, 0.4) is 0 Å². The minimum Gasteiger partial charge on any atom is -0.468 e. The van der Waals surface area contributed by atoms with E-state index in [0.29, 0.717) is 116 Å². The van der Waals surface area contributed by atoms with Gasteiger partial charge in [-0.15, -0.1) is 0 Å². The summed E-state index contributed by atoms with van der Waals surface area (Å²) in [6.07, 6.45) is 6.64. The molecule has 3 aromatic carbocycles. The fraction of sp³-hybridized carbons (Fsp3) is 0.527. The van der Waals surface area contributed by atoms with Crippen molar-refractivity contribution in [2.24, 2.45) is 12.5 Å². The second-order valence-electron chi connectivity index (χ2n) is 21.7. The van der Waals surface area contributed by atoms with Crippen LogP contribution in [-0.4, -0.2) is 149 Å². The monoisotopic (exact) mass is 1020 g/mol. The van der Waals surface area contributed by atoms with Gasteiger partial charge in [-0.05, 0) is 98.9 Å². The summed E-state index contributed by atoms with van der Waals surface area (Å²) in [5.41, 5.74) is 0.929. The second-order valence-corrected chi connectivity index (χ2v) is 21.7. The Bertz CT molecular complexity index is 3130. The molecule has 1 saturated carbocycles. The summed E-state index contributed by atoms with van der Waals surface area (Å²) >= 11 is 0. The number of imide groups is 1. The lowest BCUT2D eigenvalue weighted by molar-refractivity contribution is -0.134. The van der Waals surface area contributed by atoms with Gasteiger partial charge in [-0.25, -0.2) is 13.2 Å². The van der Waals surface area contributed by atoms with Crippen LogP contribution in [-0.2, 0) is 27.8 Å². The molecule has 3 aromatic heterocycles. The second kappa shape index (κ2) is 19.8. The number of nitrogens with zero attached hydrogens (tertiary/aromatic N) is 9. The molecule has 2 atom stereocenters. The highest BCUT2D eigenvalue weighted by Gasteiger charge is 2.47. The van der Waals surface area contributed by atoms with Gasteiger partial charge < -0.3 is 34.0 Å². The number of fused-ring (bicyclic) bond motifs is 3. The van der Waals surface area contributed by atoms with Crippen LogP contribution < -0.4 is 24.6 Å². The predicted octanol–water partition coefficient (Wildman–Crippen LogP) is 7.21. The van der Waals surface area contributed by atoms with Crippen LogP contribution in [0.1, 0.15) is 82.4 Å². The van der Waals surface area contributed by atoms with Gasteiger partial charge in [0.1, 0.15) is 34.3 Å². The van der Waals surface area contributed by atoms with E-state index in [1.807, 2.05) is 35.7 Å². The molecule has 1 aliphatic carbocycles.